The van der Waals surface area contributed by atoms with Gasteiger partial charge >= 0.3 is 0 Å². The second-order valence-corrected chi connectivity index (χ2v) is 9.88. The van der Waals surface area contributed by atoms with Gasteiger partial charge in [0.15, 0.2) is 0 Å². The SMILES string of the molecule is CCCCCCCC(C)(CO)[N+](=O)[O-].CCCCCCCCCCCCCCC(CO)[N+](=O)[O-]. The standard InChI is InChI=1S/C16H33NO3.C10H21NO3/c1-2-3-4-5-6-7-8-9-10-11-12-13-14-16(15-18)17(19)20;1-3-4-5-6-7-8-10(2,9-12)11(13)14/h16,18H,2-15H2,1H3;12H,3-9H2,1-2H3. The first-order chi connectivity index (χ1) is 16.3. The molecule has 0 radical (unpaired) electrons. The maximum Gasteiger partial charge on any atom is 0.242 e. The average molecular weight is 491 g/mol. The lowest BCUT2D eigenvalue weighted by Crippen LogP contribution is -2.38. The van der Waals surface area contributed by atoms with E-state index in [1.54, 1.807) is 0 Å². The Hall–Kier alpha value is -1.28. The highest BCUT2D eigenvalue weighted by molar-refractivity contribution is 4.72. The van der Waals surface area contributed by atoms with Crippen molar-refractivity contribution < 1.29 is 20.1 Å². The lowest BCUT2D eigenvalue weighted by molar-refractivity contribution is -0.570. The summed E-state index contributed by atoms with van der Waals surface area (Å²) >= 11 is 0. The molecule has 0 aliphatic rings. The van der Waals surface area contributed by atoms with E-state index in [1.165, 1.54) is 84.0 Å². The van der Waals surface area contributed by atoms with Gasteiger partial charge in [0, 0.05) is 29.6 Å². The Morgan fingerprint density at radius 2 is 1.06 bits per heavy atom. The lowest BCUT2D eigenvalue weighted by Gasteiger charge is -2.17. The second kappa shape index (κ2) is 24.8. The zero-order chi connectivity index (χ0) is 26.1. The third-order valence-electron chi connectivity index (χ3n) is 6.50. The smallest absolute Gasteiger partial charge is 0.242 e. The first-order valence-electron chi connectivity index (χ1n) is 13.8. The quantitative estimate of drug-likeness (QED) is 0.0894. The molecule has 34 heavy (non-hydrogen) atoms. The molecule has 0 fully saturated rings. The van der Waals surface area contributed by atoms with Crippen molar-refractivity contribution in [3.8, 4) is 0 Å². The molecule has 0 amide bonds. The summed E-state index contributed by atoms with van der Waals surface area (Å²) in [6.45, 7) is 5.19. The lowest BCUT2D eigenvalue weighted by atomic mass is 9.96. The van der Waals surface area contributed by atoms with Crippen molar-refractivity contribution in [3.63, 3.8) is 0 Å². The molecular formula is C26H54N2O6. The number of hydrogen-bond donors (Lipinski definition) is 2. The van der Waals surface area contributed by atoms with Crippen LogP contribution in [0.1, 0.15) is 143 Å². The number of aliphatic hydroxyl groups excluding tert-OH is 2. The number of nitrogens with zero attached hydrogens (tertiary/aromatic N) is 2. The van der Waals surface area contributed by atoms with Gasteiger partial charge in [0.1, 0.15) is 13.2 Å². The van der Waals surface area contributed by atoms with Crippen molar-refractivity contribution in [1.82, 2.24) is 0 Å². The van der Waals surface area contributed by atoms with Gasteiger partial charge in [-0.1, -0.05) is 110 Å². The van der Waals surface area contributed by atoms with Gasteiger partial charge in [-0.15, -0.1) is 0 Å². The molecule has 0 rings (SSSR count). The van der Waals surface area contributed by atoms with E-state index in [0.717, 1.165) is 32.1 Å². The second-order valence-electron chi connectivity index (χ2n) is 9.88. The van der Waals surface area contributed by atoms with Crippen LogP contribution in [0, 0.1) is 20.2 Å². The number of nitro groups is 2. The molecule has 0 aliphatic carbocycles. The molecule has 0 aromatic carbocycles. The summed E-state index contributed by atoms with van der Waals surface area (Å²) in [5.41, 5.74) is -1.13. The van der Waals surface area contributed by atoms with Crippen LogP contribution in [0.3, 0.4) is 0 Å². The van der Waals surface area contributed by atoms with E-state index in [0.29, 0.717) is 12.8 Å². The molecule has 0 aromatic rings. The molecule has 0 saturated heterocycles. The summed E-state index contributed by atoms with van der Waals surface area (Å²) in [5, 5.41) is 38.9. The van der Waals surface area contributed by atoms with Crippen LogP contribution in [-0.4, -0.2) is 44.9 Å². The zero-order valence-corrected chi connectivity index (χ0v) is 22.3. The van der Waals surface area contributed by atoms with Gasteiger partial charge in [-0.3, -0.25) is 20.2 Å². The van der Waals surface area contributed by atoms with Crippen LogP contribution in [0.25, 0.3) is 0 Å². The minimum absolute atomic E-state index is 0.328. The largest absolute Gasteiger partial charge is 0.389 e. The van der Waals surface area contributed by atoms with Crippen molar-refractivity contribution >= 4 is 0 Å². The van der Waals surface area contributed by atoms with Gasteiger partial charge < -0.3 is 10.2 Å². The molecule has 0 bridgehead atoms. The monoisotopic (exact) mass is 490 g/mol. The highest BCUT2D eigenvalue weighted by atomic mass is 16.6. The van der Waals surface area contributed by atoms with Gasteiger partial charge in [0.2, 0.25) is 11.6 Å². The van der Waals surface area contributed by atoms with Crippen LogP contribution in [0.4, 0.5) is 0 Å². The molecule has 8 heteroatoms. The molecule has 0 heterocycles. The Labute approximate surface area is 208 Å². The van der Waals surface area contributed by atoms with Crippen LogP contribution < -0.4 is 0 Å². The van der Waals surface area contributed by atoms with Crippen molar-refractivity contribution in [2.24, 2.45) is 0 Å². The Kier molecular flexibility index (Phi) is 25.5. The molecule has 0 spiro atoms. The molecular weight excluding hydrogens is 436 g/mol. The first-order valence-corrected chi connectivity index (χ1v) is 13.8. The zero-order valence-electron chi connectivity index (χ0n) is 22.3. The fraction of sp³-hybridized carbons (Fsp3) is 1.00. The molecule has 2 unspecified atom stereocenters. The fourth-order valence-electron chi connectivity index (χ4n) is 3.82. The van der Waals surface area contributed by atoms with Crippen molar-refractivity contribution in [2.45, 2.75) is 154 Å². The fourth-order valence-corrected chi connectivity index (χ4v) is 3.82. The maximum atomic E-state index is 10.6. The number of aliphatic hydroxyl groups is 2. The summed E-state index contributed by atoms with van der Waals surface area (Å²) < 4.78 is 0. The summed E-state index contributed by atoms with van der Waals surface area (Å²) in [6, 6.07) is -0.752. The van der Waals surface area contributed by atoms with Crippen molar-refractivity contribution in [1.29, 1.82) is 0 Å². The minimum atomic E-state index is -1.13. The summed E-state index contributed by atoms with van der Waals surface area (Å²) in [4.78, 5) is 20.4. The molecule has 8 nitrogen and oxygen atoms in total. The maximum absolute atomic E-state index is 10.6. The van der Waals surface area contributed by atoms with Gasteiger partial charge in [-0.2, -0.15) is 0 Å². The van der Waals surface area contributed by atoms with E-state index >= 15 is 0 Å². The van der Waals surface area contributed by atoms with Crippen LogP contribution in [-0.2, 0) is 0 Å². The van der Waals surface area contributed by atoms with Gasteiger partial charge in [-0.05, 0) is 12.8 Å². The normalized spacial score (nSPS) is 13.6. The number of rotatable bonds is 23. The molecule has 2 atom stereocenters. The van der Waals surface area contributed by atoms with Crippen LogP contribution >= 0.6 is 0 Å². The summed E-state index contributed by atoms with van der Waals surface area (Å²) in [7, 11) is 0. The Balaban J connectivity index is 0. The number of hydrogen-bond acceptors (Lipinski definition) is 6. The Morgan fingerprint density at radius 1 is 0.676 bits per heavy atom. The molecule has 204 valence electrons. The number of unbranched alkanes of at least 4 members (excludes halogenated alkanes) is 15. The van der Waals surface area contributed by atoms with E-state index in [-0.39, 0.29) is 23.1 Å². The van der Waals surface area contributed by atoms with E-state index in [2.05, 4.69) is 13.8 Å². The van der Waals surface area contributed by atoms with E-state index in [4.69, 9.17) is 10.2 Å². The van der Waals surface area contributed by atoms with Crippen molar-refractivity contribution in [3.05, 3.63) is 20.2 Å². The van der Waals surface area contributed by atoms with E-state index in [9.17, 15) is 20.2 Å². The predicted molar refractivity (Wildman–Crippen MR) is 139 cm³/mol. The Bertz CT molecular complexity index is 478. The minimum Gasteiger partial charge on any atom is -0.389 e. The Morgan fingerprint density at radius 3 is 1.38 bits per heavy atom. The third-order valence-corrected chi connectivity index (χ3v) is 6.50. The predicted octanol–water partition coefficient (Wildman–Crippen LogP) is 7.09. The van der Waals surface area contributed by atoms with E-state index < -0.39 is 11.6 Å². The third kappa shape index (κ3) is 21.3. The van der Waals surface area contributed by atoms with Gasteiger partial charge in [-0.25, -0.2) is 0 Å². The molecule has 2 N–H and O–H groups in total. The molecule has 0 saturated carbocycles. The van der Waals surface area contributed by atoms with Crippen molar-refractivity contribution in [2.75, 3.05) is 13.2 Å². The van der Waals surface area contributed by atoms with Crippen LogP contribution in [0.15, 0.2) is 0 Å². The van der Waals surface area contributed by atoms with Gasteiger partial charge in [0.25, 0.3) is 0 Å². The van der Waals surface area contributed by atoms with E-state index in [1.807, 2.05) is 0 Å². The topological polar surface area (TPSA) is 127 Å². The summed E-state index contributed by atoms with van der Waals surface area (Å²) in [6.07, 6.45) is 21.5. The van der Waals surface area contributed by atoms with Crippen LogP contribution in [0.5, 0.6) is 0 Å². The van der Waals surface area contributed by atoms with Crippen LogP contribution in [0.2, 0.25) is 0 Å². The molecule has 0 aliphatic heterocycles. The van der Waals surface area contributed by atoms with Gasteiger partial charge in [0.05, 0.1) is 0 Å². The molecule has 0 aromatic heterocycles. The highest BCUT2D eigenvalue weighted by Gasteiger charge is 2.35. The average Bonchev–Trinajstić information content (AvgIpc) is 2.82. The summed E-state index contributed by atoms with van der Waals surface area (Å²) in [5.74, 6) is 0. The highest BCUT2D eigenvalue weighted by Crippen LogP contribution is 2.18. The first kappa shape index (κ1) is 34.9.